The summed E-state index contributed by atoms with van der Waals surface area (Å²) >= 11 is 1.59. The van der Waals surface area contributed by atoms with Crippen LogP contribution in [0, 0.1) is 0 Å². The van der Waals surface area contributed by atoms with Gasteiger partial charge in [-0.15, -0.1) is 0 Å². The summed E-state index contributed by atoms with van der Waals surface area (Å²) in [6, 6.07) is 8.78. The van der Waals surface area contributed by atoms with Crippen molar-refractivity contribution in [1.29, 1.82) is 0 Å². The molecule has 1 aromatic carbocycles. The zero-order chi connectivity index (χ0) is 22.0. The van der Waals surface area contributed by atoms with Crippen molar-refractivity contribution in [3.8, 4) is 11.5 Å². The molecule has 0 fully saturated rings. The van der Waals surface area contributed by atoms with E-state index in [0.717, 1.165) is 16.7 Å². The molecule has 0 saturated carbocycles. The van der Waals surface area contributed by atoms with Crippen molar-refractivity contribution in [2.45, 2.75) is 31.5 Å². The molecular weight excluding hydrogens is 414 g/mol. The molecule has 3 aromatic rings. The molecule has 2 amide bonds. The molecule has 3 heterocycles. The normalized spacial score (nSPS) is 16.5. The Balaban J connectivity index is 1.64. The van der Waals surface area contributed by atoms with Crippen molar-refractivity contribution < 1.29 is 19.1 Å². The highest BCUT2D eigenvalue weighted by atomic mass is 32.1. The Morgan fingerprint density at radius 2 is 1.84 bits per heavy atom. The minimum absolute atomic E-state index is 0.117. The van der Waals surface area contributed by atoms with Crippen LogP contribution in [0.2, 0.25) is 0 Å². The summed E-state index contributed by atoms with van der Waals surface area (Å²) in [6.07, 6.45) is 4.48. The van der Waals surface area contributed by atoms with E-state index in [1.54, 1.807) is 30.5 Å². The number of primary amides is 1. The lowest BCUT2D eigenvalue weighted by atomic mass is 9.92. The molecule has 1 aliphatic rings. The van der Waals surface area contributed by atoms with Crippen molar-refractivity contribution in [3.63, 3.8) is 0 Å². The van der Waals surface area contributed by atoms with Gasteiger partial charge in [0.15, 0.2) is 11.5 Å². The number of hydrogen-bond acceptors (Lipinski definition) is 5. The van der Waals surface area contributed by atoms with E-state index < -0.39 is 11.9 Å². The predicted molar refractivity (Wildman–Crippen MR) is 118 cm³/mol. The van der Waals surface area contributed by atoms with Gasteiger partial charge in [0.2, 0.25) is 11.8 Å². The van der Waals surface area contributed by atoms with E-state index in [4.69, 9.17) is 15.2 Å². The van der Waals surface area contributed by atoms with E-state index in [0.29, 0.717) is 24.5 Å². The maximum absolute atomic E-state index is 13.5. The van der Waals surface area contributed by atoms with Crippen LogP contribution in [0.3, 0.4) is 0 Å². The molecule has 8 heteroatoms. The van der Waals surface area contributed by atoms with Gasteiger partial charge in [-0.3, -0.25) is 9.59 Å². The molecule has 2 aromatic heterocycles. The van der Waals surface area contributed by atoms with Crippen LogP contribution in [0.15, 0.2) is 53.5 Å². The Labute approximate surface area is 185 Å². The summed E-state index contributed by atoms with van der Waals surface area (Å²) in [6.45, 7) is 0.296. The number of thiophene rings is 1. The van der Waals surface area contributed by atoms with Gasteiger partial charge in [0.25, 0.3) is 0 Å². The van der Waals surface area contributed by atoms with Crippen LogP contribution in [-0.2, 0) is 22.6 Å². The Morgan fingerprint density at radius 1 is 1.16 bits per heavy atom. The highest BCUT2D eigenvalue weighted by Gasteiger charge is 2.35. The fourth-order valence-corrected chi connectivity index (χ4v) is 4.83. The van der Waals surface area contributed by atoms with Crippen LogP contribution in [0.5, 0.6) is 11.5 Å². The van der Waals surface area contributed by atoms with E-state index in [2.05, 4.69) is 0 Å². The number of amides is 2. The van der Waals surface area contributed by atoms with Gasteiger partial charge >= 0.3 is 0 Å². The standard InChI is InChI=1S/C23H25N3O4S/c1-29-20-10-16-9-19(23(24)28)26(13-17(16)11-21(20)30-2)22(27)12-18(15-5-8-31-14-15)25-6-3-4-7-25/h3-8,10-11,14,18-19H,9,12-13H2,1-2H3,(H2,24,28)/t18-,19+/m1/s1. The van der Waals surface area contributed by atoms with E-state index >= 15 is 0 Å². The van der Waals surface area contributed by atoms with Crippen LogP contribution in [0.25, 0.3) is 0 Å². The number of methoxy groups -OCH3 is 2. The van der Waals surface area contributed by atoms with Crippen LogP contribution >= 0.6 is 11.3 Å². The molecule has 162 valence electrons. The van der Waals surface area contributed by atoms with Gasteiger partial charge in [0.05, 0.1) is 26.7 Å². The average molecular weight is 440 g/mol. The minimum atomic E-state index is -0.703. The van der Waals surface area contributed by atoms with Crippen molar-refractivity contribution in [2.75, 3.05) is 14.2 Å². The lowest BCUT2D eigenvalue weighted by molar-refractivity contribution is -0.141. The molecule has 0 spiro atoms. The van der Waals surface area contributed by atoms with Crippen LogP contribution < -0.4 is 15.2 Å². The Bertz CT molecular complexity index is 1030. The zero-order valence-electron chi connectivity index (χ0n) is 17.5. The summed E-state index contributed by atoms with van der Waals surface area (Å²) in [7, 11) is 3.14. The van der Waals surface area contributed by atoms with Crippen LogP contribution in [0.1, 0.15) is 29.2 Å². The number of aromatic nitrogens is 1. The molecular formula is C23H25N3O4S. The first-order valence-electron chi connectivity index (χ1n) is 9.99. The number of hydrogen-bond donors (Lipinski definition) is 1. The minimum Gasteiger partial charge on any atom is -0.493 e. The summed E-state index contributed by atoms with van der Waals surface area (Å²) in [4.78, 5) is 27.3. The highest BCUT2D eigenvalue weighted by Crippen LogP contribution is 2.35. The Hall–Kier alpha value is -3.26. The number of rotatable bonds is 7. The molecule has 1 aliphatic heterocycles. The molecule has 0 radical (unpaired) electrons. The first kappa shape index (κ1) is 21.0. The quantitative estimate of drug-likeness (QED) is 0.613. The number of benzene rings is 1. The Kier molecular flexibility index (Phi) is 5.99. The number of fused-ring (bicyclic) bond motifs is 1. The van der Waals surface area contributed by atoms with Crippen molar-refractivity contribution in [2.24, 2.45) is 5.73 Å². The monoisotopic (exact) mass is 439 g/mol. The van der Waals surface area contributed by atoms with E-state index in [1.807, 2.05) is 58.1 Å². The fraction of sp³-hybridized carbons (Fsp3) is 0.304. The number of ether oxygens (including phenoxy) is 2. The molecule has 0 saturated heterocycles. The van der Waals surface area contributed by atoms with Gasteiger partial charge in [0.1, 0.15) is 6.04 Å². The van der Waals surface area contributed by atoms with Gasteiger partial charge in [-0.05, 0) is 57.8 Å². The molecule has 0 bridgehead atoms. The summed E-state index contributed by atoms with van der Waals surface area (Å²) in [5.41, 5.74) is 8.63. The van der Waals surface area contributed by atoms with Crippen LogP contribution in [0.4, 0.5) is 0 Å². The number of carbonyl (C=O) groups is 2. The number of nitrogens with two attached hydrogens (primary N) is 1. The first-order valence-corrected chi connectivity index (χ1v) is 10.9. The lowest BCUT2D eigenvalue weighted by Gasteiger charge is -2.36. The third-order valence-electron chi connectivity index (χ3n) is 5.77. The van der Waals surface area contributed by atoms with Gasteiger partial charge in [-0.2, -0.15) is 11.3 Å². The van der Waals surface area contributed by atoms with E-state index in [1.165, 1.54) is 0 Å². The van der Waals surface area contributed by atoms with Gasteiger partial charge in [-0.1, -0.05) is 0 Å². The second-order valence-corrected chi connectivity index (χ2v) is 8.31. The molecule has 31 heavy (non-hydrogen) atoms. The highest BCUT2D eigenvalue weighted by molar-refractivity contribution is 7.08. The van der Waals surface area contributed by atoms with Crippen molar-refractivity contribution >= 4 is 23.2 Å². The largest absolute Gasteiger partial charge is 0.493 e. The third kappa shape index (κ3) is 4.16. The number of nitrogens with zero attached hydrogens (tertiary/aromatic N) is 2. The molecule has 0 aliphatic carbocycles. The summed E-state index contributed by atoms with van der Waals surface area (Å²) in [5.74, 6) is 0.556. The van der Waals surface area contributed by atoms with Crippen LogP contribution in [-0.4, -0.2) is 41.5 Å². The van der Waals surface area contributed by atoms with Gasteiger partial charge in [0, 0.05) is 25.4 Å². The average Bonchev–Trinajstić information content (AvgIpc) is 3.49. The third-order valence-corrected chi connectivity index (χ3v) is 6.47. The second-order valence-electron chi connectivity index (χ2n) is 7.53. The predicted octanol–water partition coefficient (Wildman–Crippen LogP) is 2.99. The van der Waals surface area contributed by atoms with E-state index in [-0.39, 0.29) is 18.4 Å². The molecule has 0 unspecified atom stereocenters. The smallest absolute Gasteiger partial charge is 0.240 e. The first-order chi connectivity index (χ1) is 15.0. The summed E-state index contributed by atoms with van der Waals surface area (Å²) < 4.78 is 12.8. The molecule has 4 rings (SSSR count). The topological polar surface area (TPSA) is 86.8 Å². The fourth-order valence-electron chi connectivity index (χ4n) is 4.13. The summed E-state index contributed by atoms with van der Waals surface area (Å²) in [5, 5.41) is 4.05. The molecule has 2 N–H and O–H groups in total. The van der Waals surface area contributed by atoms with Gasteiger partial charge < -0.3 is 24.7 Å². The molecule has 7 nitrogen and oxygen atoms in total. The van der Waals surface area contributed by atoms with Gasteiger partial charge in [-0.25, -0.2) is 0 Å². The second kappa shape index (κ2) is 8.85. The maximum Gasteiger partial charge on any atom is 0.240 e. The molecule has 2 atom stereocenters. The maximum atomic E-state index is 13.5. The van der Waals surface area contributed by atoms with Crippen molar-refractivity contribution in [1.82, 2.24) is 9.47 Å². The van der Waals surface area contributed by atoms with E-state index in [9.17, 15) is 9.59 Å². The van der Waals surface area contributed by atoms with Crippen molar-refractivity contribution in [3.05, 3.63) is 70.2 Å². The zero-order valence-corrected chi connectivity index (χ0v) is 18.3. The Morgan fingerprint density at radius 3 is 2.42 bits per heavy atom. The SMILES string of the molecule is COc1cc2c(cc1OC)CN(C(=O)C[C@H](c1ccsc1)n1cccc1)[C@H](C(N)=O)C2. The lowest BCUT2D eigenvalue weighted by Crippen LogP contribution is -2.51. The number of carbonyl (C=O) groups excluding carboxylic acids is 2.